The number of thiophene rings is 1. The summed E-state index contributed by atoms with van der Waals surface area (Å²) in [6, 6.07) is 6.38. The van der Waals surface area contributed by atoms with Crippen molar-refractivity contribution in [2.75, 3.05) is 31.1 Å². The number of pyridine rings is 1. The average molecular weight is 409 g/mol. The van der Waals surface area contributed by atoms with Gasteiger partial charge in [-0.25, -0.2) is 4.98 Å². The molecule has 1 amide bonds. The van der Waals surface area contributed by atoms with Crippen molar-refractivity contribution in [3.63, 3.8) is 0 Å². The molecular weight excluding hydrogens is 384 g/mol. The minimum Gasteiger partial charge on any atom is -0.376 e. The van der Waals surface area contributed by atoms with E-state index in [1.165, 1.54) is 10.4 Å². The van der Waals surface area contributed by atoms with Crippen LogP contribution in [0.2, 0.25) is 0 Å². The van der Waals surface area contributed by atoms with E-state index in [1.807, 2.05) is 11.0 Å². The van der Waals surface area contributed by atoms with E-state index < -0.39 is 0 Å². The number of hydrogen-bond donors (Lipinski definition) is 0. The third-order valence-corrected chi connectivity index (χ3v) is 7.32. The summed E-state index contributed by atoms with van der Waals surface area (Å²) < 4.78 is 5.49. The Hall–Kier alpha value is -2.43. The number of piperidine rings is 1. The maximum absolute atomic E-state index is 13.1. The van der Waals surface area contributed by atoms with Crippen molar-refractivity contribution in [2.45, 2.75) is 38.8 Å². The van der Waals surface area contributed by atoms with Gasteiger partial charge >= 0.3 is 0 Å². The molecule has 7 heteroatoms. The summed E-state index contributed by atoms with van der Waals surface area (Å²) in [5.74, 6) is 1.14. The number of fused-ring (bicyclic) bond motifs is 2. The summed E-state index contributed by atoms with van der Waals surface area (Å²) in [5, 5.41) is 11.7. The fourth-order valence-electron chi connectivity index (χ4n) is 4.63. The molecular formula is C22H24N4O2S. The van der Waals surface area contributed by atoms with Crippen LogP contribution in [0, 0.1) is 17.2 Å². The fraction of sp³-hybridized carbons (Fsp3) is 0.500. The highest BCUT2D eigenvalue weighted by molar-refractivity contribution is 7.10. The number of nitriles is 1. The van der Waals surface area contributed by atoms with Gasteiger partial charge in [0, 0.05) is 49.0 Å². The summed E-state index contributed by atoms with van der Waals surface area (Å²) in [6.45, 7) is 4.35. The van der Waals surface area contributed by atoms with Gasteiger partial charge in [0.1, 0.15) is 11.9 Å². The lowest BCUT2D eigenvalue weighted by atomic mass is 9.94. The number of ether oxygens (including phenoxy) is 1. The van der Waals surface area contributed by atoms with Gasteiger partial charge in [0.2, 0.25) is 5.91 Å². The first-order chi connectivity index (χ1) is 14.2. The maximum Gasteiger partial charge on any atom is 0.226 e. The zero-order valence-corrected chi connectivity index (χ0v) is 17.2. The lowest BCUT2D eigenvalue weighted by Crippen LogP contribution is -2.44. The van der Waals surface area contributed by atoms with Crippen molar-refractivity contribution in [1.29, 1.82) is 5.26 Å². The first-order valence-corrected chi connectivity index (χ1v) is 11.2. The molecule has 0 radical (unpaired) electrons. The molecule has 0 aliphatic carbocycles. The van der Waals surface area contributed by atoms with Crippen LogP contribution in [0.1, 0.15) is 40.1 Å². The van der Waals surface area contributed by atoms with E-state index in [2.05, 4.69) is 22.4 Å². The molecule has 6 nitrogen and oxygen atoms in total. The number of carbonyl (C=O) groups excluding carboxylic acids is 1. The molecule has 0 unspecified atom stereocenters. The monoisotopic (exact) mass is 408 g/mol. The average Bonchev–Trinajstić information content (AvgIpc) is 3.25. The van der Waals surface area contributed by atoms with E-state index in [0.717, 1.165) is 68.9 Å². The lowest BCUT2D eigenvalue weighted by molar-refractivity contribution is -0.137. The van der Waals surface area contributed by atoms with Gasteiger partial charge in [0.05, 0.1) is 24.5 Å². The summed E-state index contributed by atoms with van der Waals surface area (Å²) >= 11 is 1.80. The Morgan fingerprint density at radius 2 is 2.10 bits per heavy atom. The van der Waals surface area contributed by atoms with Crippen LogP contribution in [0.4, 0.5) is 5.82 Å². The highest BCUT2D eigenvalue weighted by Gasteiger charge is 2.32. The molecule has 1 fully saturated rings. The van der Waals surface area contributed by atoms with Gasteiger partial charge < -0.3 is 14.5 Å². The molecule has 0 spiro atoms. The van der Waals surface area contributed by atoms with E-state index in [4.69, 9.17) is 9.72 Å². The van der Waals surface area contributed by atoms with Gasteiger partial charge in [0.15, 0.2) is 0 Å². The highest BCUT2D eigenvalue weighted by Crippen LogP contribution is 2.30. The van der Waals surface area contributed by atoms with Crippen LogP contribution in [-0.2, 0) is 35.5 Å². The van der Waals surface area contributed by atoms with Crippen LogP contribution in [-0.4, -0.2) is 42.0 Å². The second-order valence-corrected chi connectivity index (χ2v) is 9.02. The Bertz CT molecular complexity index is 972. The van der Waals surface area contributed by atoms with Crippen molar-refractivity contribution in [3.05, 3.63) is 44.8 Å². The van der Waals surface area contributed by atoms with Gasteiger partial charge in [-0.1, -0.05) is 0 Å². The van der Waals surface area contributed by atoms with Crippen LogP contribution in [0.25, 0.3) is 0 Å². The zero-order chi connectivity index (χ0) is 19.8. The Balaban J connectivity index is 1.26. The molecule has 3 aliphatic rings. The standard InChI is InChI=1S/C22H24N4O2S/c23-12-17-11-18-14-28-9-4-19(18)24-21(17)25-6-1-15(2-7-25)22(27)26-8-3-20-16(13-26)5-10-29-20/h5,10-11,15H,1-4,6-9,13-14H2. The second kappa shape index (κ2) is 7.77. The summed E-state index contributed by atoms with van der Waals surface area (Å²) in [7, 11) is 0. The van der Waals surface area contributed by atoms with Gasteiger partial charge in [-0.2, -0.15) is 5.26 Å². The molecule has 5 heterocycles. The van der Waals surface area contributed by atoms with Crippen molar-refractivity contribution < 1.29 is 9.53 Å². The quantitative estimate of drug-likeness (QED) is 0.764. The van der Waals surface area contributed by atoms with Crippen LogP contribution in [0.5, 0.6) is 0 Å². The summed E-state index contributed by atoms with van der Waals surface area (Å²) in [4.78, 5) is 23.5. The third-order valence-electron chi connectivity index (χ3n) is 6.30. The molecule has 5 rings (SSSR count). The molecule has 0 atom stereocenters. The predicted molar refractivity (Wildman–Crippen MR) is 111 cm³/mol. The molecule has 0 N–H and O–H groups in total. The van der Waals surface area contributed by atoms with E-state index in [9.17, 15) is 10.1 Å². The van der Waals surface area contributed by atoms with Crippen molar-refractivity contribution >= 4 is 23.1 Å². The number of nitrogens with zero attached hydrogens (tertiary/aromatic N) is 4. The maximum atomic E-state index is 13.1. The molecule has 0 saturated carbocycles. The molecule has 29 heavy (non-hydrogen) atoms. The van der Waals surface area contributed by atoms with E-state index in [0.29, 0.717) is 18.8 Å². The first kappa shape index (κ1) is 18.6. The van der Waals surface area contributed by atoms with Crippen molar-refractivity contribution in [2.24, 2.45) is 5.92 Å². The van der Waals surface area contributed by atoms with Crippen LogP contribution in [0.15, 0.2) is 17.5 Å². The number of anilines is 1. The number of rotatable bonds is 2. The summed E-state index contributed by atoms with van der Waals surface area (Å²) in [6.07, 6.45) is 3.41. The molecule has 3 aliphatic heterocycles. The normalized spacial score (nSPS) is 19.4. The van der Waals surface area contributed by atoms with Crippen LogP contribution < -0.4 is 4.90 Å². The SMILES string of the molecule is N#Cc1cc2c(nc1N1CCC(C(=O)N3CCc4sccc4C3)CC1)CCOC2. The molecule has 2 aromatic heterocycles. The van der Waals surface area contributed by atoms with Gasteiger partial charge in [-0.15, -0.1) is 11.3 Å². The molecule has 1 saturated heterocycles. The Kier molecular flexibility index (Phi) is 4.98. The minimum absolute atomic E-state index is 0.0722. The number of carbonyl (C=O) groups is 1. The zero-order valence-electron chi connectivity index (χ0n) is 16.4. The Labute approximate surface area is 174 Å². The van der Waals surface area contributed by atoms with Gasteiger partial charge in [0.25, 0.3) is 0 Å². The fourth-order valence-corrected chi connectivity index (χ4v) is 5.52. The number of amides is 1. The Morgan fingerprint density at radius 3 is 2.93 bits per heavy atom. The number of hydrogen-bond acceptors (Lipinski definition) is 6. The molecule has 0 aromatic carbocycles. The highest BCUT2D eigenvalue weighted by atomic mass is 32.1. The molecule has 150 valence electrons. The smallest absolute Gasteiger partial charge is 0.226 e. The van der Waals surface area contributed by atoms with Gasteiger partial charge in [-0.05, 0) is 42.3 Å². The van der Waals surface area contributed by atoms with Crippen LogP contribution >= 0.6 is 11.3 Å². The second-order valence-electron chi connectivity index (χ2n) is 8.02. The van der Waals surface area contributed by atoms with E-state index in [1.54, 1.807) is 11.3 Å². The Morgan fingerprint density at radius 1 is 1.24 bits per heavy atom. The molecule has 0 bridgehead atoms. The topological polar surface area (TPSA) is 69.5 Å². The molecule has 2 aromatic rings. The summed E-state index contributed by atoms with van der Waals surface area (Å²) in [5.41, 5.74) is 4.00. The predicted octanol–water partition coefficient (Wildman–Crippen LogP) is 2.89. The van der Waals surface area contributed by atoms with Crippen molar-refractivity contribution in [3.8, 4) is 6.07 Å². The lowest BCUT2D eigenvalue weighted by Gasteiger charge is -2.36. The number of aromatic nitrogens is 1. The minimum atomic E-state index is 0.0722. The van der Waals surface area contributed by atoms with Crippen molar-refractivity contribution in [1.82, 2.24) is 9.88 Å². The van der Waals surface area contributed by atoms with E-state index in [-0.39, 0.29) is 11.8 Å². The van der Waals surface area contributed by atoms with Crippen LogP contribution in [0.3, 0.4) is 0 Å². The van der Waals surface area contributed by atoms with Gasteiger partial charge in [-0.3, -0.25) is 4.79 Å². The largest absolute Gasteiger partial charge is 0.376 e. The van der Waals surface area contributed by atoms with E-state index >= 15 is 0 Å². The third kappa shape index (κ3) is 3.52. The first-order valence-electron chi connectivity index (χ1n) is 10.3.